The van der Waals surface area contributed by atoms with Gasteiger partial charge in [0.2, 0.25) is 0 Å². The van der Waals surface area contributed by atoms with Gasteiger partial charge in [-0.2, -0.15) is 0 Å². The van der Waals surface area contributed by atoms with Crippen molar-refractivity contribution in [1.82, 2.24) is 9.88 Å². The number of carbonyl (C=O) groups excluding carboxylic acids is 1. The van der Waals surface area contributed by atoms with Crippen LogP contribution in [0.3, 0.4) is 0 Å². The number of nitrogens with zero attached hydrogens (tertiary/aromatic N) is 1. The molecule has 0 aliphatic heterocycles. The van der Waals surface area contributed by atoms with Gasteiger partial charge in [0.1, 0.15) is 5.69 Å². The van der Waals surface area contributed by atoms with Crippen molar-refractivity contribution >= 4 is 11.6 Å². The van der Waals surface area contributed by atoms with E-state index in [1.807, 2.05) is 11.5 Å². The van der Waals surface area contributed by atoms with E-state index in [9.17, 15) is 4.79 Å². The second kappa shape index (κ2) is 6.47. The van der Waals surface area contributed by atoms with Crippen molar-refractivity contribution in [3.05, 3.63) is 18.0 Å². The van der Waals surface area contributed by atoms with E-state index in [1.165, 1.54) is 0 Å². The third-order valence-corrected chi connectivity index (χ3v) is 3.61. The molecule has 18 heavy (non-hydrogen) atoms. The summed E-state index contributed by atoms with van der Waals surface area (Å²) < 4.78 is 1.88. The molecule has 0 saturated heterocycles. The Balaban J connectivity index is 2.75. The fourth-order valence-corrected chi connectivity index (χ4v) is 2.38. The number of hydrogen-bond donors (Lipinski definition) is 2. The van der Waals surface area contributed by atoms with E-state index in [2.05, 4.69) is 26.1 Å². The molecule has 0 bridgehead atoms. The lowest BCUT2D eigenvalue weighted by atomic mass is 9.95. The minimum absolute atomic E-state index is 0.0343. The molecule has 0 radical (unpaired) electrons. The molecule has 102 valence electrons. The average Bonchev–Trinajstić information content (AvgIpc) is 2.72. The highest BCUT2D eigenvalue weighted by Gasteiger charge is 2.18. The minimum atomic E-state index is -0.0343. The lowest BCUT2D eigenvalue weighted by Crippen LogP contribution is -2.38. The molecule has 0 fully saturated rings. The van der Waals surface area contributed by atoms with Gasteiger partial charge in [-0.15, -0.1) is 0 Å². The molecule has 1 aromatic heterocycles. The second-order valence-electron chi connectivity index (χ2n) is 4.78. The third kappa shape index (κ3) is 3.28. The minimum Gasteiger partial charge on any atom is -0.397 e. The van der Waals surface area contributed by atoms with Crippen LogP contribution in [0.15, 0.2) is 12.3 Å². The number of anilines is 1. The maximum absolute atomic E-state index is 12.2. The third-order valence-electron chi connectivity index (χ3n) is 3.61. The van der Waals surface area contributed by atoms with Crippen molar-refractivity contribution < 1.29 is 4.79 Å². The number of nitrogen functional groups attached to an aromatic ring is 1. The van der Waals surface area contributed by atoms with Gasteiger partial charge in [0.15, 0.2) is 0 Å². The van der Waals surface area contributed by atoms with Gasteiger partial charge in [-0.3, -0.25) is 4.79 Å². The molecular weight excluding hydrogens is 226 g/mol. The molecule has 1 unspecified atom stereocenters. The Morgan fingerprint density at radius 2 is 2.00 bits per heavy atom. The Hall–Kier alpha value is -1.45. The maximum atomic E-state index is 12.2. The average molecular weight is 251 g/mol. The molecule has 0 saturated carbocycles. The van der Waals surface area contributed by atoms with E-state index in [1.54, 1.807) is 12.3 Å². The summed E-state index contributed by atoms with van der Waals surface area (Å²) in [7, 11) is 0. The first kappa shape index (κ1) is 14.6. The Morgan fingerprint density at radius 1 is 1.39 bits per heavy atom. The van der Waals surface area contributed by atoms with E-state index in [4.69, 9.17) is 5.73 Å². The molecule has 1 rings (SSSR count). The summed E-state index contributed by atoms with van der Waals surface area (Å²) in [6.07, 6.45) is 3.96. The van der Waals surface area contributed by atoms with Crippen molar-refractivity contribution in [2.75, 3.05) is 5.73 Å². The summed E-state index contributed by atoms with van der Waals surface area (Å²) in [5, 5.41) is 3.07. The van der Waals surface area contributed by atoms with Gasteiger partial charge >= 0.3 is 0 Å². The van der Waals surface area contributed by atoms with Crippen LogP contribution >= 0.6 is 0 Å². The summed E-state index contributed by atoms with van der Waals surface area (Å²) >= 11 is 0. The van der Waals surface area contributed by atoms with Crippen LogP contribution in [0.25, 0.3) is 0 Å². The number of amides is 1. The Morgan fingerprint density at radius 3 is 2.50 bits per heavy atom. The highest BCUT2D eigenvalue weighted by Crippen LogP contribution is 2.15. The molecule has 3 N–H and O–H groups in total. The fraction of sp³-hybridized carbons (Fsp3) is 0.643. The van der Waals surface area contributed by atoms with Crippen molar-refractivity contribution in [1.29, 1.82) is 0 Å². The quantitative estimate of drug-likeness (QED) is 0.816. The lowest BCUT2D eigenvalue weighted by molar-refractivity contribution is 0.0916. The predicted molar refractivity (Wildman–Crippen MR) is 75.5 cm³/mol. The highest BCUT2D eigenvalue weighted by molar-refractivity contribution is 5.94. The summed E-state index contributed by atoms with van der Waals surface area (Å²) in [4.78, 5) is 12.2. The van der Waals surface area contributed by atoms with Gasteiger partial charge < -0.3 is 15.6 Å². The summed E-state index contributed by atoms with van der Waals surface area (Å²) in [5.74, 6) is 0.490. The molecule has 0 aliphatic carbocycles. The molecule has 4 heteroatoms. The monoisotopic (exact) mass is 251 g/mol. The van der Waals surface area contributed by atoms with E-state index >= 15 is 0 Å². The number of aromatic nitrogens is 1. The molecular formula is C14H25N3O. The van der Waals surface area contributed by atoms with Gasteiger partial charge in [0, 0.05) is 18.8 Å². The number of nitrogens with two attached hydrogens (primary N) is 1. The molecule has 0 spiro atoms. The van der Waals surface area contributed by atoms with Gasteiger partial charge in [0.25, 0.3) is 5.91 Å². The lowest BCUT2D eigenvalue weighted by Gasteiger charge is -2.22. The van der Waals surface area contributed by atoms with Crippen molar-refractivity contribution in [3.8, 4) is 0 Å². The molecule has 1 amide bonds. The SMILES string of the molecule is CCC(CC)C(C)NC(=O)c1cc(N)cn1CC. The van der Waals surface area contributed by atoms with Crippen LogP contribution in [-0.2, 0) is 6.54 Å². The standard InChI is InChI=1S/C14H25N3O/c1-5-11(6-2)10(4)16-14(18)13-8-12(15)9-17(13)7-3/h8-11H,5-7,15H2,1-4H3,(H,16,18). The summed E-state index contributed by atoms with van der Waals surface area (Å²) in [6, 6.07) is 1.92. The van der Waals surface area contributed by atoms with E-state index in [-0.39, 0.29) is 11.9 Å². The van der Waals surface area contributed by atoms with Crippen LogP contribution in [0.5, 0.6) is 0 Å². The number of aryl methyl sites for hydroxylation is 1. The van der Waals surface area contributed by atoms with Crippen LogP contribution < -0.4 is 11.1 Å². The van der Waals surface area contributed by atoms with Crippen molar-refractivity contribution in [2.24, 2.45) is 5.92 Å². The topological polar surface area (TPSA) is 60.1 Å². The highest BCUT2D eigenvalue weighted by atomic mass is 16.2. The van der Waals surface area contributed by atoms with Crippen LogP contribution in [0.2, 0.25) is 0 Å². The van der Waals surface area contributed by atoms with Gasteiger partial charge in [-0.25, -0.2) is 0 Å². The second-order valence-corrected chi connectivity index (χ2v) is 4.78. The molecule has 0 aromatic carbocycles. The largest absolute Gasteiger partial charge is 0.397 e. The molecule has 0 aliphatic rings. The van der Waals surface area contributed by atoms with Crippen LogP contribution in [0, 0.1) is 5.92 Å². The first-order valence-corrected chi connectivity index (χ1v) is 6.79. The first-order valence-electron chi connectivity index (χ1n) is 6.79. The van der Waals surface area contributed by atoms with Crippen molar-refractivity contribution in [3.63, 3.8) is 0 Å². The van der Waals surface area contributed by atoms with Crippen LogP contribution in [0.4, 0.5) is 5.69 Å². The Bertz CT molecular complexity index is 394. The summed E-state index contributed by atoms with van der Waals surface area (Å²) in [5.41, 5.74) is 7.02. The molecule has 1 atom stereocenters. The van der Waals surface area contributed by atoms with Gasteiger partial charge in [-0.05, 0) is 25.8 Å². The molecule has 1 heterocycles. The normalized spacial score (nSPS) is 12.7. The zero-order chi connectivity index (χ0) is 13.7. The van der Waals surface area contributed by atoms with E-state index in [0.29, 0.717) is 17.3 Å². The maximum Gasteiger partial charge on any atom is 0.268 e. The Labute approximate surface area is 110 Å². The van der Waals surface area contributed by atoms with Gasteiger partial charge in [0.05, 0.1) is 5.69 Å². The smallest absolute Gasteiger partial charge is 0.268 e. The number of rotatable bonds is 6. The number of carbonyl (C=O) groups is 1. The van der Waals surface area contributed by atoms with Crippen LogP contribution in [0.1, 0.15) is 51.0 Å². The first-order chi connectivity index (χ1) is 8.53. The zero-order valence-corrected chi connectivity index (χ0v) is 11.9. The molecule has 4 nitrogen and oxygen atoms in total. The Kier molecular flexibility index (Phi) is 5.25. The van der Waals surface area contributed by atoms with E-state index in [0.717, 1.165) is 19.4 Å². The van der Waals surface area contributed by atoms with Gasteiger partial charge in [-0.1, -0.05) is 26.7 Å². The van der Waals surface area contributed by atoms with Crippen molar-refractivity contribution in [2.45, 2.75) is 53.1 Å². The fourth-order valence-electron chi connectivity index (χ4n) is 2.38. The van der Waals surface area contributed by atoms with Crippen LogP contribution in [-0.4, -0.2) is 16.5 Å². The summed E-state index contributed by atoms with van der Waals surface area (Å²) in [6.45, 7) is 9.13. The predicted octanol–water partition coefficient (Wildman–Crippen LogP) is 2.64. The van der Waals surface area contributed by atoms with E-state index < -0.39 is 0 Å². The molecule has 1 aromatic rings. The zero-order valence-electron chi connectivity index (χ0n) is 11.9. The number of nitrogens with one attached hydrogen (secondary N) is 1. The number of hydrogen-bond acceptors (Lipinski definition) is 2.